The predicted molar refractivity (Wildman–Crippen MR) is 107 cm³/mol. The quantitative estimate of drug-likeness (QED) is 0.631. The van der Waals surface area contributed by atoms with Crippen LogP contribution in [0.1, 0.15) is 31.6 Å². The van der Waals surface area contributed by atoms with Crippen molar-refractivity contribution in [3.05, 3.63) is 61.9 Å². The lowest BCUT2D eigenvalue weighted by atomic mass is 9.87. The first-order valence-corrected chi connectivity index (χ1v) is 9.69. The molecule has 1 amide bonds. The van der Waals surface area contributed by atoms with Crippen molar-refractivity contribution in [3.63, 3.8) is 0 Å². The van der Waals surface area contributed by atoms with Gasteiger partial charge in [0, 0.05) is 23.4 Å². The van der Waals surface area contributed by atoms with Gasteiger partial charge in [0.05, 0.1) is 21.8 Å². The molecular formula is C19H19ClF2N4OS. The molecule has 0 radical (unpaired) electrons. The van der Waals surface area contributed by atoms with E-state index in [1.165, 1.54) is 23.6 Å². The maximum atomic E-state index is 13.6. The Morgan fingerprint density at radius 3 is 2.61 bits per heavy atom. The molecule has 5 nitrogen and oxygen atoms in total. The van der Waals surface area contributed by atoms with Crippen molar-refractivity contribution < 1.29 is 13.6 Å². The zero-order valence-corrected chi connectivity index (χ0v) is 16.9. The molecule has 0 spiro atoms. The first-order chi connectivity index (χ1) is 13.2. The van der Waals surface area contributed by atoms with E-state index in [9.17, 15) is 13.6 Å². The third-order valence-corrected chi connectivity index (χ3v) is 6.05. The summed E-state index contributed by atoms with van der Waals surface area (Å²) in [6.45, 7) is 2.04. The Labute approximate surface area is 169 Å². The molecule has 2 aromatic heterocycles. The lowest BCUT2D eigenvalue weighted by Crippen LogP contribution is -2.20. The van der Waals surface area contributed by atoms with Crippen LogP contribution in [0.5, 0.6) is 0 Å². The van der Waals surface area contributed by atoms with Gasteiger partial charge in [-0.2, -0.15) is 5.10 Å². The second-order valence-electron chi connectivity index (χ2n) is 6.49. The van der Waals surface area contributed by atoms with E-state index in [0.717, 1.165) is 22.6 Å². The van der Waals surface area contributed by atoms with Crippen LogP contribution in [0.4, 0.5) is 8.78 Å². The highest BCUT2D eigenvalue weighted by molar-refractivity contribution is 7.14. The summed E-state index contributed by atoms with van der Waals surface area (Å²) >= 11 is 7.60. The summed E-state index contributed by atoms with van der Waals surface area (Å²) in [5.41, 5.74) is 14.3. The van der Waals surface area contributed by atoms with Crippen LogP contribution in [0, 0.1) is 18.6 Å². The van der Waals surface area contributed by atoms with E-state index < -0.39 is 17.5 Å². The van der Waals surface area contributed by atoms with Crippen LogP contribution in [0.15, 0.2) is 24.4 Å². The maximum absolute atomic E-state index is 13.6. The van der Waals surface area contributed by atoms with Gasteiger partial charge in [0.1, 0.15) is 0 Å². The van der Waals surface area contributed by atoms with Crippen LogP contribution in [0.3, 0.4) is 0 Å². The van der Waals surface area contributed by atoms with E-state index in [4.69, 9.17) is 23.1 Å². The highest BCUT2D eigenvalue weighted by Gasteiger charge is 2.29. The second-order valence-corrected chi connectivity index (χ2v) is 8.12. The smallest absolute Gasteiger partial charge is 0.259 e. The largest absolute Gasteiger partial charge is 0.365 e. The molecule has 0 saturated heterocycles. The number of carbonyl (C=O) groups is 1. The van der Waals surface area contributed by atoms with Crippen molar-refractivity contribution >= 4 is 28.8 Å². The van der Waals surface area contributed by atoms with Crippen molar-refractivity contribution in [3.8, 4) is 11.3 Å². The summed E-state index contributed by atoms with van der Waals surface area (Å²) in [7, 11) is 1.75. The molecule has 0 bridgehead atoms. The molecule has 0 fully saturated rings. The van der Waals surface area contributed by atoms with Gasteiger partial charge >= 0.3 is 0 Å². The predicted octanol–water partition coefficient (Wildman–Crippen LogP) is 3.77. The molecule has 9 heteroatoms. The van der Waals surface area contributed by atoms with Gasteiger partial charge in [-0.3, -0.25) is 9.48 Å². The third-order valence-electron chi connectivity index (χ3n) is 4.63. The molecule has 2 heterocycles. The topological polar surface area (TPSA) is 86.9 Å². The summed E-state index contributed by atoms with van der Waals surface area (Å²) in [6, 6.07) is 3.71. The Balaban J connectivity index is 2.17. The van der Waals surface area contributed by atoms with Gasteiger partial charge in [-0.1, -0.05) is 17.7 Å². The molecule has 0 aliphatic heterocycles. The van der Waals surface area contributed by atoms with Crippen molar-refractivity contribution in [1.29, 1.82) is 0 Å². The van der Waals surface area contributed by atoms with Crippen molar-refractivity contribution in [2.75, 3.05) is 6.54 Å². The summed E-state index contributed by atoms with van der Waals surface area (Å²) in [5.74, 6) is -2.77. The number of primary amides is 1. The van der Waals surface area contributed by atoms with E-state index in [1.54, 1.807) is 11.7 Å². The average molecular weight is 425 g/mol. The molecule has 1 aromatic carbocycles. The molecular weight excluding hydrogens is 406 g/mol. The fourth-order valence-electron chi connectivity index (χ4n) is 3.38. The van der Waals surface area contributed by atoms with Gasteiger partial charge < -0.3 is 11.5 Å². The second kappa shape index (κ2) is 7.98. The molecule has 0 saturated carbocycles. The first kappa shape index (κ1) is 20.4. The van der Waals surface area contributed by atoms with Gasteiger partial charge in [-0.05, 0) is 43.1 Å². The lowest BCUT2D eigenvalue weighted by Gasteiger charge is -2.19. The first-order valence-electron chi connectivity index (χ1n) is 8.49. The molecule has 3 aromatic rings. The zero-order valence-electron chi connectivity index (χ0n) is 15.3. The highest BCUT2D eigenvalue weighted by atomic mass is 35.5. The fourth-order valence-corrected chi connectivity index (χ4v) is 4.73. The minimum atomic E-state index is -0.931. The third kappa shape index (κ3) is 3.67. The number of aryl methyl sites for hydroxylation is 2. The Hall–Kier alpha value is -2.29. The number of nitrogens with two attached hydrogens (primary N) is 2. The number of halogens is 3. The summed E-state index contributed by atoms with van der Waals surface area (Å²) in [6.07, 6.45) is 1.83. The van der Waals surface area contributed by atoms with E-state index in [0.29, 0.717) is 33.1 Å². The summed E-state index contributed by atoms with van der Waals surface area (Å²) < 4.78 is 28.5. The number of thiophene rings is 1. The standard InChI is InChI=1S/C19H19ClF2N4OS/c1-9-15(17-12(20)8-25-26(17)2)16(18(28-9)19(24)27)11(7-23)5-10-3-4-13(21)14(22)6-10/h3-4,6,8,11H,5,7,23H2,1-2H3,(H2,24,27)/t11-/m1/s1. The number of amides is 1. The minimum absolute atomic E-state index is 0.178. The molecule has 0 aliphatic carbocycles. The zero-order chi connectivity index (χ0) is 20.6. The maximum Gasteiger partial charge on any atom is 0.259 e. The molecule has 148 valence electrons. The lowest BCUT2D eigenvalue weighted by molar-refractivity contribution is 0.100. The van der Waals surface area contributed by atoms with E-state index in [2.05, 4.69) is 5.10 Å². The van der Waals surface area contributed by atoms with E-state index in [1.807, 2.05) is 6.92 Å². The van der Waals surface area contributed by atoms with Crippen LogP contribution in [-0.2, 0) is 13.5 Å². The molecule has 1 atom stereocenters. The average Bonchev–Trinajstić information content (AvgIpc) is 3.15. The number of aromatic nitrogens is 2. The van der Waals surface area contributed by atoms with Crippen molar-refractivity contribution in [2.24, 2.45) is 18.5 Å². The van der Waals surface area contributed by atoms with E-state index in [-0.39, 0.29) is 12.5 Å². The number of carbonyl (C=O) groups excluding carboxylic acids is 1. The number of hydrogen-bond acceptors (Lipinski definition) is 4. The Kier molecular flexibility index (Phi) is 5.83. The van der Waals surface area contributed by atoms with Crippen LogP contribution in [0.2, 0.25) is 5.02 Å². The number of benzene rings is 1. The van der Waals surface area contributed by atoms with Crippen LogP contribution >= 0.6 is 22.9 Å². The Morgan fingerprint density at radius 2 is 2.07 bits per heavy atom. The van der Waals surface area contributed by atoms with Gasteiger partial charge in [0.25, 0.3) is 5.91 Å². The molecule has 0 unspecified atom stereocenters. The van der Waals surface area contributed by atoms with Crippen LogP contribution < -0.4 is 11.5 Å². The highest BCUT2D eigenvalue weighted by Crippen LogP contribution is 2.43. The Morgan fingerprint density at radius 1 is 1.36 bits per heavy atom. The van der Waals surface area contributed by atoms with Gasteiger partial charge in [-0.15, -0.1) is 11.3 Å². The summed E-state index contributed by atoms with van der Waals surface area (Å²) in [5, 5.41) is 4.60. The fraction of sp³-hybridized carbons (Fsp3) is 0.263. The SMILES string of the molecule is Cc1sc(C(N)=O)c([C@@H](CN)Cc2ccc(F)c(F)c2)c1-c1c(Cl)cnn1C. The van der Waals surface area contributed by atoms with Gasteiger partial charge in [0.15, 0.2) is 11.6 Å². The monoisotopic (exact) mass is 424 g/mol. The van der Waals surface area contributed by atoms with Crippen molar-refractivity contribution in [1.82, 2.24) is 9.78 Å². The number of hydrogen-bond donors (Lipinski definition) is 2. The molecule has 28 heavy (non-hydrogen) atoms. The summed E-state index contributed by atoms with van der Waals surface area (Å²) in [4.78, 5) is 13.3. The molecule has 3 rings (SSSR count). The van der Waals surface area contributed by atoms with Gasteiger partial charge in [-0.25, -0.2) is 8.78 Å². The molecule has 0 aliphatic rings. The number of nitrogens with zero attached hydrogens (tertiary/aromatic N) is 2. The van der Waals surface area contributed by atoms with Crippen molar-refractivity contribution in [2.45, 2.75) is 19.3 Å². The van der Waals surface area contributed by atoms with Crippen LogP contribution in [0.25, 0.3) is 11.3 Å². The van der Waals surface area contributed by atoms with E-state index >= 15 is 0 Å². The van der Waals surface area contributed by atoms with Crippen LogP contribution in [-0.4, -0.2) is 22.2 Å². The number of rotatable bonds is 6. The normalized spacial score (nSPS) is 12.4. The van der Waals surface area contributed by atoms with Gasteiger partial charge in [0.2, 0.25) is 0 Å². The molecule has 4 N–H and O–H groups in total. The minimum Gasteiger partial charge on any atom is -0.365 e. The Bertz CT molecular complexity index is 1030.